The summed E-state index contributed by atoms with van der Waals surface area (Å²) in [5.74, 6) is 0.842. The van der Waals surface area contributed by atoms with E-state index >= 15 is 0 Å². The van der Waals surface area contributed by atoms with Crippen LogP contribution in [0.4, 0.5) is 0 Å². The number of aliphatic hydroxyl groups is 1. The maximum absolute atomic E-state index is 9.81. The van der Waals surface area contributed by atoms with Crippen LogP contribution in [0, 0.1) is 0 Å². The molecule has 2 atom stereocenters. The van der Waals surface area contributed by atoms with E-state index in [0.29, 0.717) is 19.6 Å². The zero-order chi connectivity index (χ0) is 13.8. The number of hydrogen-bond acceptors (Lipinski definition) is 3. The van der Waals surface area contributed by atoms with Gasteiger partial charge in [-0.15, -0.1) is 0 Å². The summed E-state index contributed by atoms with van der Waals surface area (Å²) in [7, 11) is 0. The SMILES string of the molecule is O[C@@H](Cc1ccc(OCc2ccccc2)cc1)[C@@H]1CO1. The topological polar surface area (TPSA) is 42.0 Å². The van der Waals surface area contributed by atoms with Crippen molar-refractivity contribution >= 4 is 0 Å². The van der Waals surface area contributed by atoms with Gasteiger partial charge in [-0.2, -0.15) is 0 Å². The van der Waals surface area contributed by atoms with Crippen molar-refractivity contribution in [3.05, 3.63) is 65.7 Å². The third-order valence-corrected chi connectivity index (χ3v) is 3.40. The first kappa shape index (κ1) is 13.2. The van der Waals surface area contributed by atoms with E-state index in [1.807, 2.05) is 54.6 Å². The van der Waals surface area contributed by atoms with Crippen LogP contribution in [0.25, 0.3) is 0 Å². The highest BCUT2D eigenvalue weighted by Crippen LogP contribution is 2.20. The van der Waals surface area contributed by atoms with Gasteiger partial charge in [0.05, 0.1) is 12.7 Å². The molecule has 1 fully saturated rings. The molecule has 0 spiro atoms. The predicted octanol–water partition coefficient (Wildman–Crippen LogP) is 2.57. The molecule has 0 radical (unpaired) electrons. The van der Waals surface area contributed by atoms with Crippen molar-refractivity contribution in [2.24, 2.45) is 0 Å². The van der Waals surface area contributed by atoms with Gasteiger partial charge in [0.15, 0.2) is 0 Å². The Kier molecular flexibility index (Phi) is 4.00. The minimum Gasteiger partial charge on any atom is -0.489 e. The van der Waals surface area contributed by atoms with Gasteiger partial charge in [-0.3, -0.25) is 0 Å². The lowest BCUT2D eigenvalue weighted by molar-refractivity contribution is 0.135. The van der Waals surface area contributed by atoms with E-state index in [4.69, 9.17) is 9.47 Å². The third-order valence-electron chi connectivity index (χ3n) is 3.40. The minimum absolute atomic E-state index is 0.0315. The van der Waals surface area contributed by atoms with Crippen LogP contribution in [0.1, 0.15) is 11.1 Å². The van der Waals surface area contributed by atoms with Crippen LogP contribution in [0.3, 0.4) is 0 Å². The fourth-order valence-corrected chi connectivity index (χ4v) is 2.11. The molecule has 1 saturated heterocycles. The zero-order valence-corrected chi connectivity index (χ0v) is 11.2. The summed E-state index contributed by atoms with van der Waals surface area (Å²) in [6.45, 7) is 1.25. The number of benzene rings is 2. The quantitative estimate of drug-likeness (QED) is 0.820. The summed E-state index contributed by atoms with van der Waals surface area (Å²) in [5, 5.41) is 9.81. The lowest BCUT2D eigenvalue weighted by atomic mass is 10.1. The van der Waals surface area contributed by atoms with Crippen molar-refractivity contribution in [3.8, 4) is 5.75 Å². The molecule has 0 saturated carbocycles. The first-order valence-electron chi connectivity index (χ1n) is 6.86. The number of hydrogen-bond donors (Lipinski definition) is 1. The molecule has 3 nitrogen and oxygen atoms in total. The van der Waals surface area contributed by atoms with E-state index in [-0.39, 0.29) is 6.10 Å². The molecular weight excluding hydrogens is 252 g/mol. The van der Waals surface area contributed by atoms with Gasteiger partial charge in [-0.25, -0.2) is 0 Å². The second-order valence-electron chi connectivity index (χ2n) is 5.06. The zero-order valence-electron chi connectivity index (χ0n) is 11.2. The highest BCUT2D eigenvalue weighted by molar-refractivity contribution is 5.28. The summed E-state index contributed by atoms with van der Waals surface area (Å²) < 4.78 is 10.8. The summed E-state index contributed by atoms with van der Waals surface area (Å²) in [4.78, 5) is 0. The summed E-state index contributed by atoms with van der Waals surface area (Å²) in [6.07, 6.45) is 0.263. The number of rotatable bonds is 6. The first-order chi connectivity index (χ1) is 9.81. The maximum atomic E-state index is 9.81. The van der Waals surface area contributed by atoms with E-state index in [9.17, 15) is 5.11 Å². The smallest absolute Gasteiger partial charge is 0.119 e. The molecule has 0 unspecified atom stereocenters. The van der Waals surface area contributed by atoms with E-state index in [1.54, 1.807) is 0 Å². The molecule has 0 aromatic heterocycles. The second-order valence-corrected chi connectivity index (χ2v) is 5.06. The molecule has 20 heavy (non-hydrogen) atoms. The minimum atomic E-state index is -0.397. The molecule has 1 aliphatic rings. The molecule has 3 rings (SSSR count). The molecular formula is C17H18O3. The Morgan fingerprint density at radius 1 is 1.05 bits per heavy atom. The van der Waals surface area contributed by atoms with Crippen LogP contribution in [0.15, 0.2) is 54.6 Å². The molecule has 2 aromatic carbocycles. The van der Waals surface area contributed by atoms with Crippen LogP contribution in [-0.4, -0.2) is 23.9 Å². The van der Waals surface area contributed by atoms with Crippen LogP contribution in [0.5, 0.6) is 5.75 Å². The predicted molar refractivity (Wildman–Crippen MR) is 76.7 cm³/mol. The van der Waals surface area contributed by atoms with E-state index in [0.717, 1.165) is 16.9 Å². The fourth-order valence-electron chi connectivity index (χ4n) is 2.11. The lowest BCUT2D eigenvalue weighted by Crippen LogP contribution is -2.17. The van der Waals surface area contributed by atoms with Gasteiger partial charge in [0.2, 0.25) is 0 Å². The van der Waals surface area contributed by atoms with Gasteiger partial charge in [0.1, 0.15) is 18.5 Å². The van der Waals surface area contributed by atoms with Crippen molar-refractivity contribution in [2.75, 3.05) is 6.61 Å². The number of ether oxygens (including phenoxy) is 2. The molecule has 3 heteroatoms. The van der Waals surface area contributed by atoms with Crippen molar-refractivity contribution in [1.82, 2.24) is 0 Å². The van der Waals surface area contributed by atoms with E-state index in [2.05, 4.69) is 0 Å². The fraction of sp³-hybridized carbons (Fsp3) is 0.294. The molecule has 2 aromatic rings. The van der Waals surface area contributed by atoms with Crippen molar-refractivity contribution in [1.29, 1.82) is 0 Å². The van der Waals surface area contributed by atoms with Crippen molar-refractivity contribution in [3.63, 3.8) is 0 Å². The second kappa shape index (κ2) is 6.07. The molecule has 0 aliphatic carbocycles. The largest absolute Gasteiger partial charge is 0.489 e. The van der Waals surface area contributed by atoms with Crippen LogP contribution in [0.2, 0.25) is 0 Å². The first-order valence-corrected chi connectivity index (χ1v) is 6.86. The summed E-state index contributed by atoms with van der Waals surface area (Å²) >= 11 is 0. The third kappa shape index (κ3) is 3.59. The molecule has 1 heterocycles. The highest BCUT2D eigenvalue weighted by atomic mass is 16.6. The molecule has 0 amide bonds. The Balaban J connectivity index is 1.53. The highest BCUT2D eigenvalue weighted by Gasteiger charge is 2.31. The van der Waals surface area contributed by atoms with E-state index < -0.39 is 6.10 Å². The Morgan fingerprint density at radius 3 is 2.40 bits per heavy atom. The lowest BCUT2D eigenvalue weighted by Gasteiger charge is -2.09. The number of epoxide rings is 1. The summed E-state index contributed by atoms with van der Waals surface area (Å²) in [6, 6.07) is 18.0. The van der Waals surface area contributed by atoms with Crippen molar-refractivity contribution in [2.45, 2.75) is 25.2 Å². The average molecular weight is 270 g/mol. The van der Waals surface area contributed by atoms with Crippen molar-refractivity contribution < 1.29 is 14.6 Å². The Morgan fingerprint density at radius 2 is 1.75 bits per heavy atom. The van der Waals surface area contributed by atoms with Gasteiger partial charge in [0, 0.05) is 6.42 Å². The van der Waals surface area contributed by atoms with Crippen LogP contribution >= 0.6 is 0 Å². The Labute approximate surface area is 118 Å². The van der Waals surface area contributed by atoms with Crippen LogP contribution in [-0.2, 0) is 17.8 Å². The standard InChI is InChI=1S/C17H18O3/c18-16(17-12-20-17)10-13-6-8-15(9-7-13)19-11-14-4-2-1-3-5-14/h1-9,16-18H,10-12H2/t16-,17-/m0/s1. The molecule has 1 N–H and O–H groups in total. The molecule has 0 bridgehead atoms. The van der Waals surface area contributed by atoms with Crippen LogP contribution < -0.4 is 4.74 Å². The van der Waals surface area contributed by atoms with Gasteiger partial charge in [0.25, 0.3) is 0 Å². The van der Waals surface area contributed by atoms with Gasteiger partial charge >= 0.3 is 0 Å². The van der Waals surface area contributed by atoms with Gasteiger partial charge < -0.3 is 14.6 Å². The molecule has 1 aliphatic heterocycles. The maximum Gasteiger partial charge on any atom is 0.119 e. The average Bonchev–Trinajstić information content (AvgIpc) is 3.32. The Hall–Kier alpha value is -1.84. The van der Waals surface area contributed by atoms with E-state index in [1.165, 1.54) is 0 Å². The summed E-state index contributed by atoms with van der Waals surface area (Å²) in [5.41, 5.74) is 2.25. The normalized spacial score (nSPS) is 18.6. The van der Waals surface area contributed by atoms with Gasteiger partial charge in [-0.05, 0) is 23.3 Å². The monoisotopic (exact) mass is 270 g/mol. The molecule has 104 valence electrons. The number of aliphatic hydroxyl groups excluding tert-OH is 1. The van der Waals surface area contributed by atoms with Gasteiger partial charge in [-0.1, -0.05) is 42.5 Å². The Bertz CT molecular complexity index is 532.